The van der Waals surface area contributed by atoms with E-state index in [1.165, 1.54) is 32.1 Å². The van der Waals surface area contributed by atoms with Crippen LogP contribution in [0.5, 0.6) is 0 Å². The molecule has 0 amide bonds. The monoisotopic (exact) mass is 262 g/mol. The lowest BCUT2D eigenvalue weighted by atomic mass is 9.80. The van der Waals surface area contributed by atoms with Crippen molar-refractivity contribution in [2.24, 2.45) is 0 Å². The average molecular weight is 262 g/mol. The Kier molecular flexibility index (Phi) is 4.77. The number of anilines is 1. The molecule has 0 spiro atoms. The molecule has 1 fully saturated rings. The van der Waals surface area contributed by atoms with Gasteiger partial charge in [-0.2, -0.15) is 0 Å². The zero-order valence-corrected chi connectivity index (χ0v) is 12.2. The predicted molar refractivity (Wildman–Crippen MR) is 79.9 cm³/mol. The Morgan fingerprint density at radius 3 is 2.68 bits per heavy atom. The molecule has 0 radical (unpaired) electrons. The Morgan fingerprint density at radius 2 is 2.05 bits per heavy atom. The highest BCUT2D eigenvalue weighted by Gasteiger charge is 2.33. The first-order chi connectivity index (χ1) is 9.14. The zero-order valence-electron chi connectivity index (χ0n) is 12.2. The van der Waals surface area contributed by atoms with Crippen molar-refractivity contribution in [3.8, 4) is 0 Å². The molecule has 0 unspecified atom stereocenters. The summed E-state index contributed by atoms with van der Waals surface area (Å²) in [5.74, 6) is 0.637. The number of nitrogens with two attached hydrogens (primary N) is 1. The van der Waals surface area contributed by atoms with E-state index in [1.54, 1.807) is 6.20 Å². The second-order valence-electron chi connectivity index (χ2n) is 5.83. The summed E-state index contributed by atoms with van der Waals surface area (Å²) < 4.78 is 0. The molecular formula is C15H26N4. The third-order valence-corrected chi connectivity index (χ3v) is 4.43. The van der Waals surface area contributed by atoms with Gasteiger partial charge in [0.05, 0.1) is 0 Å². The van der Waals surface area contributed by atoms with Crippen molar-refractivity contribution in [2.75, 3.05) is 26.4 Å². The second-order valence-corrected chi connectivity index (χ2v) is 5.83. The number of aromatic nitrogens is 1. The van der Waals surface area contributed by atoms with Crippen LogP contribution in [0.1, 0.15) is 37.7 Å². The number of rotatable bonds is 5. The van der Waals surface area contributed by atoms with E-state index in [0.717, 1.165) is 18.7 Å². The minimum Gasteiger partial charge on any atom is -0.383 e. The van der Waals surface area contributed by atoms with E-state index in [1.807, 2.05) is 12.1 Å². The molecule has 0 aromatic carbocycles. The van der Waals surface area contributed by atoms with Gasteiger partial charge in [-0.1, -0.05) is 25.3 Å². The molecule has 0 bridgehead atoms. The number of hydrogen-bond donors (Lipinski definition) is 2. The van der Waals surface area contributed by atoms with E-state index < -0.39 is 0 Å². The van der Waals surface area contributed by atoms with Crippen LogP contribution in [0.3, 0.4) is 0 Å². The predicted octanol–water partition coefficient (Wildman–Crippen LogP) is 2.02. The molecule has 1 aliphatic carbocycles. The summed E-state index contributed by atoms with van der Waals surface area (Å²) in [4.78, 5) is 6.52. The van der Waals surface area contributed by atoms with E-state index in [-0.39, 0.29) is 0 Å². The van der Waals surface area contributed by atoms with Gasteiger partial charge in [-0.3, -0.25) is 0 Å². The molecule has 1 aromatic rings. The third kappa shape index (κ3) is 3.45. The highest BCUT2D eigenvalue weighted by molar-refractivity contribution is 5.38. The number of hydrogen-bond acceptors (Lipinski definition) is 4. The lowest BCUT2D eigenvalue weighted by molar-refractivity contribution is 0.0984. The summed E-state index contributed by atoms with van der Waals surface area (Å²) in [5, 5.41) is 3.57. The van der Waals surface area contributed by atoms with Crippen LogP contribution >= 0.6 is 0 Å². The first kappa shape index (κ1) is 14.3. The number of pyridine rings is 1. The molecule has 0 atom stereocenters. The quantitative estimate of drug-likeness (QED) is 0.852. The van der Waals surface area contributed by atoms with Gasteiger partial charge in [-0.25, -0.2) is 4.98 Å². The average Bonchev–Trinajstić information content (AvgIpc) is 2.42. The van der Waals surface area contributed by atoms with E-state index in [4.69, 9.17) is 5.73 Å². The topological polar surface area (TPSA) is 54.2 Å². The highest BCUT2D eigenvalue weighted by Crippen LogP contribution is 2.31. The number of nitrogens with zero attached hydrogens (tertiary/aromatic N) is 2. The lowest BCUT2D eigenvalue weighted by Gasteiger charge is -2.43. The molecule has 0 aliphatic heterocycles. The van der Waals surface area contributed by atoms with Crippen molar-refractivity contribution in [1.29, 1.82) is 0 Å². The van der Waals surface area contributed by atoms with Crippen LogP contribution in [-0.2, 0) is 6.54 Å². The molecule has 1 heterocycles. The van der Waals surface area contributed by atoms with E-state index >= 15 is 0 Å². The normalized spacial score (nSPS) is 18.7. The molecule has 1 aromatic heterocycles. The van der Waals surface area contributed by atoms with Gasteiger partial charge in [-0.05, 0) is 33.0 Å². The van der Waals surface area contributed by atoms with Crippen molar-refractivity contribution in [3.63, 3.8) is 0 Å². The van der Waals surface area contributed by atoms with Crippen LogP contribution in [0, 0.1) is 0 Å². The van der Waals surface area contributed by atoms with Crippen molar-refractivity contribution in [1.82, 2.24) is 15.2 Å². The summed E-state index contributed by atoms with van der Waals surface area (Å²) >= 11 is 0. The summed E-state index contributed by atoms with van der Waals surface area (Å²) in [7, 11) is 4.40. The zero-order chi connectivity index (χ0) is 13.7. The van der Waals surface area contributed by atoms with Crippen molar-refractivity contribution in [2.45, 2.75) is 44.2 Å². The molecular weight excluding hydrogens is 236 g/mol. The molecule has 1 saturated carbocycles. The fourth-order valence-electron chi connectivity index (χ4n) is 3.02. The van der Waals surface area contributed by atoms with E-state index in [9.17, 15) is 0 Å². The van der Waals surface area contributed by atoms with E-state index in [0.29, 0.717) is 11.4 Å². The van der Waals surface area contributed by atoms with Gasteiger partial charge in [0, 0.05) is 30.4 Å². The summed E-state index contributed by atoms with van der Waals surface area (Å²) in [6, 6.07) is 3.98. The van der Waals surface area contributed by atoms with Crippen LogP contribution in [0.25, 0.3) is 0 Å². The van der Waals surface area contributed by atoms with Gasteiger partial charge >= 0.3 is 0 Å². The maximum Gasteiger partial charge on any atom is 0.127 e. The van der Waals surface area contributed by atoms with Crippen LogP contribution in [0.4, 0.5) is 5.82 Å². The fraction of sp³-hybridized carbons (Fsp3) is 0.667. The van der Waals surface area contributed by atoms with Crippen molar-refractivity contribution < 1.29 is 0 Å². The Bertz CT molecular complexity index is 397. The number of likely N-dealkylation sites (N-methyl/N-ethyl adjacent to an activating group) is 1. The molecule has 19 heavy (non-hydrogen) atoms. The second kappa shape index (κ2) is 6.35. The van der Waals surface area contributed by atoms with Crippen LogP contribution in [0.2, 0.25) is 0 Å². The fourth-order valence-corrected chi connectivity index (χ4v) is 3.02. The van der Waals surface area contributed by atoms with Crippen LogP contribution in [-0.4, -0.2) is 36.1 Å². The standard InChI is InChI=1S/C15H26N4/c1-19(2)15(8-4-3-5-9-15)12-17-11-13-7-6-10-18-14(13)16/h6-7,10,17H,3-5,8-9,11-12H2,1-2H3,(H2,16,18). The molecule has 0 saturated heterocycles. The molecule has 3 N–H and O–H groups in total. The molecule has 1 aliphatic rings. The highest BCUT2D eigenvalue weighted by atomic mass is 15.2. The van der Waals surface area contributed by atoms with Gasteiger partial charge in [0.15, 0.2) is 0 Å². The molecule has 106 valence electrons. The van der Waals surface area contributed by atoms with Crippen molar-refractivity contribution >= 4 is 5.82 Å². The van der Waals surface area contributed by atoms with Crippen LogP contribution in [0.15, 0.2) is 18.3 Å². The minimum absolute atomic E-state index is 0.315. The van der Waals surface area contributed by atoms with Crippen LogP contribution < -0.4 is 11.1 Å². The Labute approximate surface area is 116 Å². The van der Waals surface area contributed by atoms with Gasteiger partial charge in [0.1, 0.15) is 5.82 Å². The van der Waals surface area contributed by atoms with E-state index in [2.05, 4.69) is 29.3 Å². The molecule has 2 rings (SSSR count). The smallest absolute Gasteiger partial charge is 0.127 e. The maximum absolute atomic E-state index is 5.87. The number of nitrogen functional groups attached to an aromatic ring is 1. The van der Waals surface area contributed by atoms with Gasteiger partial charge in [0.2, 0.25) is 0 Å². The SMILES string of the molecule is CN(C)C1(CNCc2cccnc2N)CCCCC1. The lowest BCUT2D eigenvalue weighted by Crippen LogP contribution is -2.52. The summed E-state index contributed by atoms with van der Waals surface area (Å²) in [6.07, 6.45) is 8.38. The Hall–Kier alpha value is -1.13. The molecule has 4 heteroatoms. The largest absolute Gasteiger partial charge is 0.383 e. The first-order valence-corrected chi connectivity index (χ1v) is 7.22. The minimum atomic E-state index is 0.315. The Balaban J connectivity index is 1.91. The number of nitrogens with one attached hydrogen (secondary N) is 1. The van der Waals surface area contributed by atoms with Gasteiger partial charge < -0.3 is 16.0 Å². The maximum atomic E-state index is 5.87. The summed E-state index contributed by atoms with van der Waals surface area (Å²) in [5.41, 5.74) is 7.28. The first-order valence-electron chi connectivity index (χ1n) is 7.22. The van der Waals surface area contributed by atoms with Gasteiger partial charge in [-0.15, -0.1) is 0 Å². The third-order valence-electron chi connectivity index (χ3n) is 4.43. The molecule has 4 nitrogen and oxygen atoms in total. The Morgan fingerprint density at radius 1 is 1.32 bits per heavy atom. The van der Waals surface area contributed by atoms with Crippen molar-refractivity contribution in [3.05, 3.63) is 23.9 Å². The van der Waals surface area contributed by atoms with Gasteiger partial charge in [0.25, 0.3) is 0 Å². The summed E-state index contributed by atoms with van der Waals surface area (Å²) in [6.45, 7) is 1.82.